The smallest absolute Gasteiger partial charge is 0.145 e. The summed E-state index contributed by atoms with van der Waals surface area (Å²) >= 11 is 1.84. The van der Waals surface area contributed by atoms with Crippen molar-refractivity contribution in [1.29, 1.82) is 0 Å². The van der Waals surface area contributed by atoms with Crippen molar-refractivity contribution in [3.8, 4) is 11.5 Å². The van der Waals surface area contributed by atoms with E-state index in [-0.39, 0.29) is 0 Å². The van der Waals surface area contributed by atoms with Crippen LogP contribution in [-0.4, -0.2) is 38.3 Å². The Kier molecular flexibility index (Phi) is 5.41. The standard InChI is InChI=1S/C18H24N2O2S/c1-21-15-5-6-17(18(12-15)22-2)19-14-7-9-20(10-8-14)13-16-4-3-11-23-16/h3-6,11-12,14,19H,7-10,13H2,1-2H3. The predicted octanol–water partition coefficient (Wildman–Crippen LogP) is 3.84. The number of nitrogens with zero attached hydrogens (tertiary/aromatic N) is 1. The van der Waals surface area contributed by atoms with Gasteiger partial charge in [-0.05, 0) is 36.4 Å². The Morgan fingerprint density at radius 2 is 2.00 bits per heavy atom. The molecule has 0 aliphatic carbocycles. The molecule has 0 spiro atoms. The van der Waals surface area contributed by atoms with Gasteiger partial charge in [0.1, 0.15) is 11.5 Å². The monoisotopic (exact) mass is 332 g/mol. The zero-order chi connectivity index (χ0) is 16.1. The fourth-order valence-corrected chi connectivity index (χ4v) is 3.74. The van der Waals surface area contributed by atoms with Gasteiger partial charge in [-0.25, -0.2) is 0 Å². The summed E-state index contributed by atoms with van der Waals surface area (Å²) in [7, 11) is 3.37. The minimum absolute atomic E-state index is 0.497. The number of piperidine rings is 1. The second-order valence-electron chi connectivity index (χ2n) is 5.84. The van der Waals surface area contributed by atoms with Gasteiger partial charge in [-0.3, -0.25) is 4.90 Å². The van der Waals surface area contributed by atoms with E-state index in [2.05, 4.69) is 27.7 Å². The Morgan fingerprint density at radius 3 is 2.65 bits per heavy atom. The minimum Gasteiger partial charge on any atom is -0.497 e. The van der Waals surface area contributed by atoms with E-state index in [4.69, 9.17) is 9.47 Å². The van der Waals surface area contributed by atoms with Crippen LogP contribution in [0.2, 0.25) is 0 Å². The van der Waals surface area contributed by atoms with Crippen LogP contribution in [0.3, 0.4) is 0 Å². The van der Waals surface area contributed by atoms with Crippen LogP contribution < -0.4 is 14.8 Å². The SMILES string of the molecule is COc1ccc(NC2CCN(Cc3cccs3)CC2)c(OC)c1. The van der Waals surface area contributed by atoms with E-state index in [1.165, 1.54) is 4.88 Å². The van der Waals surface area contributed by atoms with Crippen molar-refractivity contribution in [2.24, 2.45) is 0 Å². The first-order valence-corrected chi connectivity index (χ1v) is 8.90. The maximum Gasteiger partial charge on any atom is 0.145 e. The van der Waals surface area contributed by atoms with E-state index in [1.54, 1.807) is 14.2 Å². The molecule has 0 amide bonds. The topological polar surface area (TPSA) is 33.7 Å². The van der Waals surface area contributed by atoms with Gasteiger partial charge in [0.2, 0.25) is 0 Å². The summed E-state index contributed by atoms with van der Waals surface area (Å²) in [6.45, 7) is 3.35. The van der Waals surface area contributed by atoms with E-state index in [0.29, 0.717) is 6.04 Å². The van der Waals surface area contributed by atoms with Gasteiger partial charge in [-0.15, -0.1) is 11.3 Å². The Balaban J connectivity index is 1.54. The molecule has 1 fully saturated rings. The van der Waals surface area contributed by atoms with E-state index < -0.39 is 0 Å². The third-order valence-electron chi connectivity index (χ3n) is 4.32. The van der Waals surface area contributed by atoms with E-state index in [9.17, 15) is 0 Å². The molecule has 3 rings (SSSR count). The van der Waals surface area contributed by atoms with Crippen LogP contribution in [0.25, 0.3) is 0 Å². The van der Waals surface area contributed by atoms with Crippen LogP contribution in [0.15, 0.2) is 35.7 Å². The molecule has 1 saturated heterocycles. The third-order valence-corrected chi connectivity index (χ3v) is 5.18. The van der Waals surface area contributed by atoms with Gasteiger partial charge in [0.05, 0.1) is 19.9 Å². The lowest BCUT2D eigenvalue weighted by Gasteiger charge is -2.32. The van der Waals surface area contributed by atoms with Gasteiger partial charge in [0.15, 0.2) is 0 Å². The number of ether oxygens (including phenoxy) is 2. The lowest BCUT2D eigenvalue weighted by Crippen LogP contribution is -2.38. The van der Waals surface area contributed by atoms with Crippen LogP contribution in [-0.2, 0) is 6.54 Å². The Hall–Kier alpha value is -1.72. The molecule has 0 atom stereocenters. The highest BCUT2D eigenvalue weighted by molar-refractivity contribution is 7.09. The van der Waals surface area contributed by atoms with Crippen LogP contribution in [0.5, 0.6) is 11.5 Å². The molecular formula is C18H24N2O2S. The van der Waals surface area contributed by atoms with Gasteiger partial charge in [-0.2, -0.15) is 0 Å². The minimum atomic E-state index is 0.497. The summed E-state index contributed by atoms with van der Waals surface area (Å²) in [6.07, 6.45) is 2.31. The highest BCUT2D eigenvalue weighted by Crippen LogP contribution is 2.31. The third kappa shape index (κ3) is 4.18. The molecule has 1 aliphatic rings. The van der Waals surface area contributed by atoms with E-state index in [0.717, 1.165) is 49.7 Å². The summed E-state index contributed by atoms with van der Waals surface area (Å²) in [5.74, 6) is 1.66. The van der Waals surface area contributed by atoms with E-state index >= 15 is 0 Å². The number of likely N-dealkylation sites (tertiary alicyclic amines) is 1. The molecule has 124 valence electrons. The summed E-state index contributed by atoms with van der Waals surface area (Å²) in [6, 6.07) is 10.8. The number of hydrogen-bond acceptors (Lipinski definition) is 5. The molecule has 2 aromatic rings. The lowest BCUT2D eigenvalue weighted by atomic mass is 10.0. The first-order valence-electron chi connectivity index (χ1n) is 8.02. The molecule has 0 radical (unpaired) electrons. The average molecular weight is 332 g/mol. The number of rotatable bonds is 6. The average Bonchev–Trinajstić information content (AvgIpc) is 3.10. The van der Waals surface area contributed by atoms with Crippen molar-refractivity contribution < 1.29 is 9.47 Å². The molecular weight excluding hydrogens is 308 g/mol. The number of hydrogen-bond donors (Lipinski definition) is 1. The van der Waals surface area contributed by atoms with Crippen molar-refractivity contribution in [3.63, 3.8) is 0 Å². The van der Waals surface area contributed by atoms with Crippen molar-refractivity contribution >= 4 is 17.0 Å². The zero-order valence-corrected chi connectivity index (χ0v) is 14.6. The molecule has 0 bridgehead atoms. The van der Waals surface area contributed by atoms with Crippen LogP contribution in [0, 0.1) is 0 Å². The normalized spacial score (nSPS) is 16.3. The molecule has 1 aromatic carbocycles. The highest BCUT2D eigenvalue weighted by atomic mass is 32.1. The van der Waals surface area contributed by atoms with Crippen LogP contribution >= 0.6 is 11.3 Å². The molecule has 0 unspecified atom stereocenters. The second kappa shape index (κ2) is 7.70. The largest absolute Gasteiger partial charge is 0.497 e. The summed E-state index contributed by atoms with van der Waals surface area (Å²) in [5.41, 5.74) is 1.05. The number of nitrogens with one attached hydrogen (secondary N) is 1. The number of thiophene rings is 1. The number of methoxy groups -OCH3 is 2. The van der Waals surface area contributed by atoms with Crippen molar-refractivity contribution in [3.05, 3.63) is 40.6 Å². The van der Waals surface area contributed by atoms with E-state index in [1.807, 2.05) is 29.5 Å². The maximum absolute atomic E-state index is 5.47. The number of benzene rings is 1. The maximum atomic E-state index is 5.47. The van der Waals surface area contributed by atoms with Crippen LogP contribution in [0.4, 0.5) is 5.69 Å². The molecule has 1 aliphatic heterocycles. The molecule has 5 heteroatoms. The molecule has 1 aromatic heterocycles. The van der Waals surface area contributed by atoms with Gasteiger partial charge in [-0.1, -0.05) is 6.07 Å². The summed E-state index contributed by atoms with van der Waals surface area (Å²) in [4.78, 5) is 3.99. The van der Waals surface area contributed by atoms with Crippen molar-refractivity contribution in [2.45, 2.75) is 25.4 Å². The van der Waals surface area contributed by atoms with Gasteiger partial charge in [0.25, 0.3) is 0 Å². The Morgan fingerprint density at radius 1 is 1.17 bits per heavy atom. The Bertz CT molecular complexity index is 607. The number of anilines is 1. The van der Waals surface area contributed by atoms with Gasteiger partial charge < -0.3 is 14.8 Å². The molecule has 1 N–H and O–H groups in total. The quantitative estimate of drug-likeness (QED) is 0.871. The predicted molar refractivity (Wildman–Crippen MR) is 95.8 cm³/mol. The molecule has 2 heterocycles. The lowest BCUT2D eigenvalue weighted by molar-refractivity contribution is 0.213. The molecule has 4 nitrogen and oxygen atoms in total. The fourth-order valence-electron chi connectivity index (χ4n) is 3.00. The van der Waals surface area contributed by atoms with Crippen molar-refractivity contribution in [1.82, 2.24) is 4.90 Å². The van der Waals surface area contributed by atoms with Crippen LogP contribution in [0.1, 0.15) is 17.7 Å². The van der Waals surface area contributed by atoms with Crippen molar-refractivity contribution in [2.75, 3.05) is 32.6 Å². The molecule has 0 saturated carbocycles. The first kappa shape index (κ1) is 16.1. The van der Waals surface area contributed by atoms with Gasteiger partial charge >= 0.3 is 0 Å². The second-order valence-corrected chi connectivity index (χ2v) is 6.87. The fraction of sp³-hybridized carbons (Fsp3) is 0.444. The summed E-state index contributed by atoms with van der Waals surface area (Å²) < 4.78 is 10.7. The van der Waals surface area contributed by atoms with Gasteiger partial charge in [0, 0.05) is 36.6 Å². The molecule has 23 heavy (non-hydrogen) atoms. The first-order chi connectivity index (χ1) is 11.3. The summed E-state index contributed by atoms with van der Waals surface area (Å²) in [5, 5.41) is 5.78. The Labute approximate surface area is 142 Å². The highest BCUT2D eigenvalue weighted by Gasteiger charge is 2.20. The zero-order valence-electron chi connectivity index (χ0n) is 13.7.